The van der Waals surface area contributed by atoms with Crippen LogP contribution in [0.15, 0.2) is 88.9 Å². The number of ether oxygens (including phenoxy) is 1. The first-order chi connectivity index (χ1) is 18.5. The minimum atomic E-state index is -0.452. The van der Waals surface area contributed by atoms with Crippen LogP contribution in [-0.2, 0) is 11.3 Å². The highest BCUT2D eigenvalue weighted by atomic mass is 32.2. The van der Waals surface area contributed by atoms with E-state index in [1.165, 1.54) is 27.9 Å². The molecule has 0 radical (unpaired) electrons. The van der Waals surface area contributed by atoms with E-state index in [4.69, 9.17) is 10.1 Å². The van der Waals surface area contributed by atoms with Crippen LogP contribution in [-0.4, -0.2) is 43.1 Å². The number of amides is 1. The number of benzene rings is 2. The van der Waals surface area contributed by atoms with E-state index < -0.39 is 5.91 Å². The Morgan fingerprint density at radius 3 is 2.68 bits per heavy atom. The summed E-state index contributed by atoms with van der Waals surface area (Å²) >= 11 is 1.26. The van der Waals surface area contributed by atoms with Gasteiger partial charge in [0.25, 0.3) is 5.91 Å². The summed E-state index contributed by atoms with van der Waals surface area (Å²) in [5.41, 5.74) is 5.20. The van der Waals surface area contributed by atoms with Gasteiger partial charge < -0.3 is 9.30 Å². The second kappa shape index (κ2) is 9.75. The highest BCUT2D eigenvalue weighted by Gasteiger charge is 2.36. The standard InChI is InChI=1S/C29H24N6O2S/c1-18-12-19(2)14-22(13-18)37-11-10-34-17-21(23-7-3-4-8-25(23)34)15-24-26(30)35-29(32-27(24)36)38-28(33-35)20-6-5-9-31-16-20/h3-9,12-17,30H,10-11H2,1-2H3. The first-order valence-electron chi connectivity index (χ1n) is 12.2. The average Bonchev–Trinajstić information content (AvgIpc) is 3.48. The summed E-state index contributed by atoms with van der Waals surface area (Å²) in [6.45, 7) is 5.24. The van der Waals surface area contributed by atoms with Crippen LogP contribution in [0.2, 0.25) is 0 Å². The van der Waals surface area contributed by atoms with E-state index in [1.54, 1.807) is 18.5 Å². The zero-order valence-corrected chi connectivity index (χ0v) is 21.7. The van der Waals surface area contributed by atoms with Crippen molar-refractivity contribution in [3.05, 3.63) is 101 Å². The maximum atomic E-state index is 13.0. The number of aryl methyl sites for hydroxylation is 2. The summed E-state index contributed by atoms with van der Waals surface area (Å²) in [6.07, 6.45) is 7.11. The number of nitrogens with one attached hydrogen (secondary N) is 1. The fourth-order valence-electron chi connectivity index (χ4n) is 4.61. The number of thioether (sulfide) groups is 1. The van der Waals surface area contributed by atoms with E-state index in [9.17, 15) is 4.79 Å². The Morgan fingerprint density at radius 1 is 1.08 bits per heavy atom. The molecule has 0 spiro atoms. The fourth-order valence-corrected chi connectivity index (χ4v) is 5.49. The third-order valence-corrected chi connectivity index (χ3v) is 7.24. The van der Waals surface area contributed by atoms with Gasteiger partial charge in [-0.05, 0) is 73.1 Å². The number of aromatic nitrogens is 2. The lowest BCUT2D eigenvalue weighted by Gasteiger charge is -2.20. The van der Waals surface area contributed by atoms with Gasteiger partial charge in [0.15, 0.2) is 5.84 Å². The third kappa shape index (κ3) is 4.52. The van der Waals surface area contributed by atoms with Crippen LogP contribution in [0.3, 0.4) is 0 Å². The van der Waals surface area contributed by atoms with Crippen LogP contribution < -0.4 is 4.74 Å². The van der Waals surface area contributed by atoms with Gasteiger partial charge in [-0.2, -0.15) is 15.1 Å². The summed E-state index contributed by atoms with van der Waals surface area (Å²) in [5.74, 6) is 0.402. The quantitative estimate of drug-likeness (QED) is 0.344. The van der Waals surface area contributed by atoms with E-state index in [-0.39, 0.29) is 11.4 Å². The molecule has 0 aliphatic carbocycles. The number of carbonyl (C=O) groups is 1. The highest BCUT2D eigenvalue weighted by Crippen LogP contribution is 2.32. The molecule has 2 aliphatic rings. The van der Waals surface area contributed by atoms with E-state index in [0.29, 0.717) is 23.4 Å². The zero-order chi connectivity index (χ0) is 26.2. The van der Waals surface area contributed by atoms with Gasteiger partial charge >= 0.3 is 0 Å². The number of fused-ring (bicyclic) bond motifs is 2. The minimum absolute atomic E-state index is 0.00127. The Labute approximate surface area is 223 Å². The van der Waals surface area contributed by atoms with Crippen LogP contribution in [0, 0.1) is 19.3 Å². The number of aliphatic imine (C=N–C) groups is 1. The summed E-state index contributed by atoms with van der Waals surface area (Å²) in [5, 5.41) is 16.7. The Hall–Kier alpha value is -4.50. The molecule has 8 nitrogen and oxygen atoms in total. The molecule has 4 heterocycles. The van der Waals surface area contributed by atoms with Gasteiger partial charge in [0.2, 0.25) is 5.17 Å². The number of hydrogen-bond acceptors (Lipinski definition) is 6. The molecule has 4 aromatic rings. The molecule has 0 fully saturated rings. The Morgan fingerprint density at radius 2 is 1.89 bits per heavy atom. The molecule has 38 heavy (non-hydrogen) atoms. The Kier molecular flexibility index (Phi) is 6.13. The van der Waals surface area contributed by atoms with Crippen LogP contribution >= 0.6 is 11.8 Å². The number of carbonyl (C=O) groups excluding carboxylic acids is 1. The van der Waals surface area contributed by atoms with Crippen LogP contribution in [0.1, 0.15) is 22.3 Å². The molecular weight excluding hydrogens is 496 g/mol. The second-order valence-electron chi connectivity index (χ2n) is 9.13. The molecule has 6 rings (SSSR count). The molecule has 9 heteroatoms. The molecule has 188 valence electrons. The molecule has 1 amide bonds. The predicted molar refractivity (Wildman–Crippen MR) is 152 cm³/mol. The van der Waals surface area contributed by atoms with Crippen LogP contribution in [0.4, 0.5) is 0 Å². The number of hydrazone groups is 1. The largest absolute Gasteiger partial charge is 0.492 e. The summed E-state index contributed by atoms with van der Waals surface area (Å²) in [4.78, 5) is 21.4. The van der Waals surface area contributed by atoms with Gasteiger partial charge in [0.1, 0.15) is 17.4 Å². The molecule has 2 aromatic carbocycles. The molecule has 0 atom stereocenters. The maximum absolute atomic E-state index is 13.0. The minimum Gasteiger partial charge on any atom is -0.492 e. The van der Waals surface area contributed by atoms with E-state index >= 15 is 0 Å². The summed E-state index contributed by atoms with van der Waals surface area (Å²) in [6, 6.07) is 17.9. The average molecular weight is 521 g/mol. The molecule has 2 aliphatic heterocycles. The number of nitrogens with zero attached hydrogens (tertiary/aromatic N) is 5. The number of pyridine rings is 1. The van der Waals surface area contributed by atoms with Gasteiger partial charge in [-0.1, -0.05) is 24.3 Å². The zero-order valence-electron chi connectivity index (χ0n) is 20.9. The normalized spacial score (nSPS) is 16.2. The van der Waals surface area contributed by atoms with Crippen molar-refractivity contribution < 1.29 is 9.53 Å². The van der Waals surface area contributed by atoms with Crippen LogP contribution in [0.5, 0.6) is 5.75 Å². The van der Waals surface area contributed by atoms with E-state index in [1.807, 2.05) is 54.7 Å². The predicted octanol–water partition coefficient (Wildman–Crippen LogP) is 5.40. The van der Waals surface area contributed by atoms with Gasteiger partial charge in [0, 0.05) is 40.6 Å². The third-order valence-electron chi connectivity index (χ3n) is 6.28. The van der Waals surface area contributed by atoms with Crippen molar-refractivity contribution in [3.8, 4) is 5.75 Å². The van der Waals surface area contributed by atoms with Gasteiger partial charge in [-0.25, -0.2) is 0 Å². The van der Waals surface area contributed by atoms with E-state index in [2.05, 4.69) is 39.6 Å². The van der Waals surface area contributed by atoms with Crippen molar-refractivity contribution in [2.45, 2.75) is 20.4 Å². The van der Waals surface area contributed by atoms with Gasteiger partial charge in [-0.15, -0.1) is 0 Å². The lowest BCUT2D eigenvalue weighted by molar-refractivity contribution is -0.114. The van der Waals surface area contributed by atoms with Gasteiger partial charge in [0.05, 0.1) is 12.1 Å². The molecular formula is C29H24N6O2S. The van der Waals surface area contributed by atoms with Crippen molar-refractivity contribution >= 4 is 50.7 Å². The Bertz CT molecular complexity index is 1670. The molecule has 2 aromatic heterocycles. The lowest BCUT2D eigenvalue weighted by Crippen LogP contribution is -2.35. The number of rotatable bonds is 6. The lowest BCUT2D eigenvalue weighted by atomic mass is 10.1. The molecule has 0 saturated carbocycles. The molecule has 0 unspecified atom stereocenters. The Balaban J connectivity index is 1.28. The van der Waals surface area contributed by atoms with Crippen molar-refractivity contribution in [1.82, 2.24) is 14.6 Å². The number of hydrogen-bond donors (Lipinski definition) is 1. The second-order valence-corrected chi connectivity index (χ2v) is 10.1. The van der Waals surface area contributed by atoms with Crippen LogP contribution in [0.25, 0.3) is 17.0 Å². The van der Waals surface area contributed by atoms with Crippen molar-refractivity contribution in [1.29, 1.82) is 5.41 Å². The maximum Gasteiger partial charge on any atom is 0.283 e. The fraction of sp³-hybridized carbons (Fsp3) is 0.138. The number of para-hydroxylation sites is 1. The van der Waals surface area contributed by atoms with Crippen molar-refractivity contribution in [2.24, 2.45) is 10.1 Å². The molecule has 0 bridgehead atoms. The summed E-state index contributed by atoms with van der Waals surface area (Å²) < 4.78 is 8.15. The van der Waals surface area contributed by atoms with E-state index in [0.717, 1.165) is 27.8 Å². The highest BCUT2D eigenvalue weighted by molar-refractivity contribution is 8.27. The number of amidine groups is 2. The summed E-state index contributed by atoms with van der Waals surface area (Å²) in [7, 11) is 0. The molecule has 0 saturated heterocycles. The monoisotopic (exact) mass is 520 g/mol. The molecule has 1 N–H and O–H groups in total. The van der Waals surface area contributed by atoms with Gasteiger partial charge in [-0.3, -0.25) is 15.2 Å². The SMILES string of the molecule is Cc1cc(C)cc(OCCn2cc(C=C3C(=N)N4N=C(c5cccnc5)SC4=NC3=O)c3ccccc32)c1. The smallest absolute Gasteiger partial charge is 0.283 e. The first-order valence-corrected chi connectivity index (χ1v) is 13.0. The van der Waals surface area contributed by atoms with Crippen molar-refractivity contribution in [2.75, 3.05) is 6.61 Å². The topological polar surface area (TPSA) is 95.9 Å². The first kappa shape index (κ1) is 23.9. The van der Waals surface area contributed by atoms with Crippen molar-refractivity contribution in [3.63, 3.8) is 0 Å².